The summed E-state index contributed by atoms with van der Waals surface area (Å²) in [7, 11) is 0. The van der Waals surface area contributed by atoms with Gasteiger partial charge in [-0.1, -0.05) is 46.3 Å². The molecule has 1 unspecified atom stereocenters. The van der Waals surface area contributed by atoms with Gasteiger partial charge in [-0.2, -0.15) is 0 Å². The second kappa shape index (κ2) is 5.68. The summed E-state index contributed by atoms with van der Waals surface area (Å²) in [6.45, 7) is 0.546. The minimum absolute atomic E-state index is 0.0947. The van der Waals surface area contributed by atoms with Crippen LogP contribution in [0.4, 0.5) is 0 Å². The lowest BCUT2D eigenvalue weighted by Crippen LogP contribution is -2.27. The minimum Gasteiger partial charge on any atom is -0.293 e. The number of benzene rings is 1. The third-order valence-electron chi connectivity index (χ3n) is 3.27. The summed E-state index contributed by atoms with van der Waals surface area (Å²) < 4.78 is 0.973. The van der Waals surface area contributed by atoms with Gasteiger partial charge in [-0.15, -0.1) is 0 Å². The lowest BCUT2D eigenvalue weighted by molar-refractivity contribution is -0.115. The van der Waals surface area contributed by atoms with E-state index in [1.54, 1.807) is 0 Å². The van der Waals surface area contributed by atoms with E-state index in [2.05, 4.69) is 37.3 Å². The summed E-state index contributed by atoms with van der Waals surface area (Å²) in [6, 6.07) is 9.73. The van der Waals surface area contributed by atoms with Gasteiger partial charge in [-0.05, 0) is 33.6 Å². The molecule has 5 heteroatoms. The summed E-state index contributed by atoms with van der Waals surface area (Å²) >= 11 is 6.93. The Hall–Kier alpha value is -1.17. The fourth-order valence-corrected chi connectivity index (χ4v) is 3.16. The number of carbonyl (C=O) groups excluding carboxylic acids is 1. The van der Waals surface area contributed by atoms with Crippen LogP contribution in [0.3, 0.4) is 0 Å². The maximum absolute atomic E-state index is 12.6. The number of ketones is 1. The molecule has 0 aromatic heterocycles. The molecule has 2 aliphatic rings. The van der Waals surface area contributed by atoms with Crippen molar-refractivity contribution in [3.63, 3.8) is 0 Å². The van der Waals surface area contributed by atoms with Crippen LogP contribution < -0.4 is 5.43 Å². The highest BCUT2D eigenvalue weighted by Crippen LogP contribution is 2.32. The van der Waals surface area contributed by atoms with Gasteiger partial charge < -0.3 is 0 Å². The average Bonchev–Trinajstić information content (AvgIpc) is 2.89. The summed E-state index contributed by atoms with van der Waals surface area (Å²) in [6.07, 6.45) is 5.81. The SMILES string of the molecule is O=C(C1=C2C=CC(Br)=CN2NC1)C(Br)c1ccccc1. The number of hydrogen-bond acceptors (Lipinski definition) is 3. The van der Waals surface area contributed by atoms with Gasteiger partial charge in [0.1, 0.15) is 4.83 Å². The molecule has 102 valence electrons. The molecule has 2 heterocycles. The van der Waals surface area contributed by atoms with Crippen molar-refractivity contribution in [3.8, 4) is 0 Å². The molecular formula is C15H12Br2N2O. The second-order valence-corrected chi connectivity index (χ2v) is 6.38. The zero-order valence-corrected chi connectivity index (χ0v) is 13.7. The molecule has 0 spiro atoms. The van der Waals surface area contributed by atoms with E-state index in [1.165, 1.54) is 0 Å². The Kier molecular flexibility index (Phi) is 3.92. The Bertz CT molecular complexity index is 635. The fourth-order valence-electron chi connectivity index (χ4n) is 2.25. The maximum atomic E-state index is 12.6. The molecule has 1 atom stereocenters. The predicted molar refractivity (Wildman–Crippen MR) is 86.1 cm³/mol. The number of nitrogens with zero attached hydrogens (tertiary/aromatic N) is 1. The number of Topliss-reactive ketones (excluding diaryl/α,β-unsaturated/α-hetero) is 1. The molecule has 0 radical (unpaired) electrons. The number of carbonyl (C=O) groups is 1. The molecule has 1 aromatic carbocycles. The van der Waals surface area contributed by atoms with Gasteiger partial charge in [0.05, 0.1) is 5.70 Å². The second-order valence-electron chi connectivity index (χ2n) is 4.55. The first-order valence-electron chi connectivity index (χ1n) is 6.21. The molecule has 3 nitrogen and oxygen atoms in total. The monoisotopic (exact) mass is 394 g/mol. The van der Waals surface area contributed by atoms with E-state index in [0.717, 1.165) is 21.3 Å². The zero-order chi connectivity index (χ0) is 14.1. The first kappa shape index (κ1) is 13.8. The highest BCUT2D eigenvalue weighted by atomic mass is 79.9. The standard InChI is InChI=1S/C15H12Br2N2O/c16-11-6-7-13-12(8-18-19(13)9-11)15(20)14(17)10-4-2-1-3-5-10/h1-7,9,14,18H,8H2. The van der Waals surface area contributed by atoms with Gasteiger partial charge in [0.15, 0.2) is 5.78 Å². The Morgan fingerprint density at radius 2 is 2.00 bits per heavy atom. The lowest BCUT2D eigenvalue weighted by Gasteiger charge is -2.19. The first-order valence-corrected chi connectivity index (χ1v) is 7.92. The van der Waals surface area contributed by atoms with E-state index < -0.39 is 0 Å². The zero-order valence-electron chi connectivity index (χ0n) is 10.5. The van der Waals surface area contributed by atoms with Gasteiger partial charge in [0.2, 0.25) is 0 Å². The Labute approximate surface area is 134 Å². The number of halogens is 2. The van der Waals surface area contributed by atoms with Crippen molar-refractivity contribution in [2.45, 2.75) is 4.83 Å². The summed E-state index contributed by atoms with van der Waals surface area (Å²) in [5.41, 5.74) is 5.87. The van der Waals surface area contributed by atoms with Gasteiger partial charge in [-0.25, -0.2) is 5.43 Å². The van der Waals surface area contributed by atoms with Crippen molar-refractivity contribution < 1.29 is 4.79 Å². The average molecular weight is 396 g/mol. The third kappa shape index (κ3) is 2.53. The number of allylic oxidation sites excluding steroid dienone is 3. The maximum Gasteiger partial charge on any atom is 0.180 e. The quantitative estimate of drug-likeness (QED) is 0.794. The highest BCUT2D eigenvalue weighted by Gasteiger charge is 2.29. The molecule has 0 saturated carbocycles. The number of rotatable bonds is 3. The molecule has 2 aliphatic heterocycles. The van der Waals surface area contributed by atoms with E-state index in [9.17, 15) is 4.79 Å². The molecule has 3 rings (SSSR count). The van der Waals surface area contributed by atoms with E-state index in [-0.39, 0.29) is 10.6 Å². The van der Waals surface area contributed by atoms with Crippen molar-refractivity contribution in [2.24, 2.45) is 0 Å². The van der Waals surface area contributed by atoms with E-state index in [4.69, 9.17) is 0 Å². The normalized spacial score (nSPS) is 18.9. The topological polar surface area (TPSA) is 32.3 Å². The molecule has 0 fully saturated rings. The molecule has 0 amide bonds. The molecule has 0 saturated heterocycles. The first-order chi connectivity index (χ1) is 9.66. The summed E-state index contributed by atoms with van der Waals surface area (Å²) in [4.78, 5) is 12.3. The van der Waals surface area contributed by atoms with Gasteiger partial charge in [0.25, 0.3) is 0 Å². The van der Waals surface area contributed by atoms with Crippen LogP contribution in [0, 0.1) is 0 Å². The van der Waals surface area contributed by atoms with Crippen molar-refractivity contribution in [3.05, 3.63) is 70.0 Å². The third-order valence-corrected chi connectivity index (χ3v) is 4.68. The predicted octanol–water partition coefficient (Wildman–Crippen LogP) is 3.57. The Balaban J connectivity index is 1.89. The molecule has 0 aliphatic carbocycles. The van der Waals surface area contributed by atoms with Crippen LogP contribution in [0.15, 0.2) is 64.4 Å². The van der Waals surface area contributed by atoms with Crippen LogP contribution in [0.2, 0.25) is 0 Å². The smallest absolute Gasteiger partial charge is 0.180 e. The fraction of sp³-hybridized carbons (Fsp3) is 0.133. The number of nitrogens with one attached hydrogen (secondary N) is 1. The molecule has 20 heavy (non-hydrogen) atoms. The van der Waals surface area contributed by atoms with E-state index >= 15 is 0 Å². The van der Waals surface area contributed by atoms with Crippen molar-refractivity contribution in [1.82, 2.24) is 10.4 Å². The van der Waals surface area contributed by atoms with Gasteiger partial charge in [-0.3, -0.25) is 9.80 Å². The Morgan fingerprint density at radius 3 is 2.75 bits per heavy atom. The number of fused-ring (bicyclic) bond motifs is 1. The van der Waals surface area contributed by atoms with Crippen LogP contribution in [-0.4, -0.2) is 17.3 Å². The van der Waals surface area contributed by atoms with E-state index in [0.29, 0.717) is 6.54 Å². The summed E-state index contributed by atoms with van der Waals surface area (Å²) in [5.74, 6) is 0.0947. The highest BCUT2D eigenvalue weighted by molar-refractivity contribution is 9.11. The van der Waals surface area contributed by atoms with Gasteiger partial charge >= 0.3 is 0 Å². The molecular weight excluding hydrogens is 384 g/mol. The van der Waals surface area contributed by atoms with Crippen LogP contribution in [0.25, 0.3) is 0 Å². The number of alkyl halides is 1. The number of hydrazine groups is 1. The van der Waals surface area contributed by atoms with Crippen LogP contribution in [0.1, 0.15) is 10.4 Å². The van der Waals surface area contributed by atoms with Gasteiger partial charge in [0, 0.05) is 22.8 Å². The van der Waals surface area contributed by atoms with Crippen LogP contribution in [-0.2, 0) is 4.79 Å². The van der Waals surface area contributed by atoms with Crippen LogP contribution in [0.5, 0.6) is 0 Å². The molecule has 1 N–H and O–H groups in total. The van der Waals surface area contributed by atoms with Crippen LogP contribution >= 0.6 is 31.9 Å². The minimum atomic E-state index is -0.310. The van der Waals surface area contributed by atoms with Crippen molar-refractivity contribution in [1.29, 1.82) is 0 Å². The molecule has 1 aromatic rings. The lowest BCUT2D eigenvalue weighted by atomic mass is 10.0. The van der Waals surface area contributed by atoms with Crippen molar-refractivity contribution >= 4 is 37.6 Å². The van der Waals surface area contributed by atoms with Crippen molar-refractivity contribution in [2.75, 3.05) is 6.54 Å². The largest absolute Gasteiger partial charge is 0.293 e. The summed E-state index contributed by atoms with van der Waals surface area (Å²) in [5, 5.41) is 1.88. The number of hydrogen-bond donors (Lipinski definition) is 1. The Morgan fingerprint density at radius 1 is 1.25 bits per heavy atom. The molecule has 0 bridgehead atoms. The van der Waals surface area contributed by atoms with E-state index in [1.807, 2.05) is 53.7 Å².